The molecule has 0 fully saturated rings. The molecule has 0 N–H and O–H groups in total. The lowest BCUT2D eigenvalue weighted by atomic mass is 9.47. The van der Waals surface area contributed by atoms with Gasteiger partial charge in [0.05, 0.1) is 5.92 Å². The summed E-state index contributed by atoms with van der Waals surface area (Å²) in [6.07, 6.45) is 0. The first-order chi connectivity index (χ1) is 15.5. The summed E-state index contributed by atoms with van der Waals surface area (Å²) in [6.45, 7) is 0. The number of hydrogen-bond donors (Lipinski definition) is 0. The molecule has 0 saturated heterocycles. The Hall–Kier alpha value is -2.95. The Morgan fingerprint density at radius 3 is 1.84 bits per heavy atom. The Morgan fingerprint density at radius 1 is 0.781 bits per heavy atom. The molecule has 0 radical (unpaired) electrons. The van der Waals surface area contributed by atoms with E-state index in [0.29, 0.717) is 22.3 Å². The fourth-order valence-corrected chi connectivity index (χ4v) is 6.07. The first-order valence-electron chi connectivity index (χ1n) is 10.3. The minimum Gasteiger partial charge on any atom is -0.446 e. The van der Waals surface area contributed by atoms with Crippen LogP contribution in [0.3, 0.4) is 0 Å². The van der Waals surface area contributed by atoms with E-state index < -0.39 is 28.2 Å². The number of alkyl halides is 2. The van der Waals surface area contributed by atoms with Crippen LogP contribution in [0.4, 0.5) is 0 Å². The molecular formula is C26H16Cl2O4. The monoisotopic (exact) mass is 462 g/mol. The number of rotatable bonds is 2. The van der Waals surface area contributed by atoms with E-state index in [1.165, 1.54) is 0 Å². The average Bonchev–Trinajstić information content (AvgIpc) is 2.82. The second kappa shape index (κ2) is 6.77. The van der Waals surface area contributed by atoms with Crippen molar-refractivity contribution >= 4 is 40.7 Å². The van der Waals surface area contributed by atoms with Gasteiger partial charge >= 0.3 is 5.97 Å². The van der Waals surface area contributed by atoms with Gasteiger partial charge in [0.1, 0.15) is 0 Å². The standard InChI is InChI=1S/C26H16Cl2O4/c27-24(28)25(31)32-26-17-11-5-3-9-15(17)19(16-10-4-6-12-18(16)26)20-21(26)23(30)14-8-2-1-7-13(14)22(20)29/h1-12,19-21,24H/t19?,20-,21+,26?/m0/s1. The van der Waals surface area contributed by atoms with E-state index in [-0.39, 0.29) is 17.5 Å². The van der Waals surface area contributed by atoms with Crippen LogP contribution in [0, 0.1) is 11.8 Å². The molecule has 0 heterocycles. The third kappa shape index (κ3) is 2.31. The van der Waals surface area contributed by atoms with Gasteiger partial charge in [-0.2, -0.15) is 0 Å². The third-order valence-electron chi connectivity index (χ3n) is 7.03. The predicted octanol–water partition coefficient (Wildman–Crippen LogP) is 5.05. The molecule has 0 saturated carbocycles. The van der Waals surface area contributed by atoms with Gasteiger partial charge in [-0.05, 0) is 11.1 Å². The number of carbonyl (C=O) groups excluding carboxylic acids is 3. The normalized spacial score (nSPS) is 26.8. The maximum Gasteiger partial charge on any atom is 0.340 e. The first kappa shape index (κ1) is 19.7. The summed E-state index contributed by atoms with van der Waals surface area (Å²) in [5.41, 5.74) is 2.43. The second-order valence-electron chi connectivity index (χ2n) is 8.39. The second-order valence-corrected chi connectivity index (χ2v) is 9.48. The summed E-state index contributed by atoms with van der Waals surface area (Å²) < 4.78 is 6.11. The molecule has 4 aliphatic rings. The lowest BCUT2D eigenvalue weighted by Crippen LogP contribution is -2.60. The SMILES string of the molecule is O=C(OC12c3ccccc3C(c3ccccc31)[C@@H]1C(=O)c3ccccc3C(=O)[C@@H]12)C(Cl)Cl. The Bertz CT molecular complexity index is 1280. The first-order valence-corrected chi connectivity index (χ1v) is 11.2. The molecule has 7 rings (SSSR count). The zero-order valence-corrected chi connectivity index (χ0v) is 18.1. The zero-order valence-electron chi connectivity index (χ0n) is 16.6. The van der Waals surface area contributed by atoms with E-state index in [0.717, 1.165) is 11.1 Å². The summed E-state index contributed by atoms with van der Waals surface area (Å²) in [5, 5.41) is 0. The van der Waals surface area contributed by atoms with Crippen LogP contribution in [0.25, 0.3) is 0 Å². The summed E-state index contributed by atoms with van der Waals surface area (Å²) in [6, 6.07) is 21.9. The van der Waals surface area contributed by atoms with Crippen LogP contribution in [0.2, 0.25) is 0 Å². The molecule has 0 aromatic heterocycles. The lowest BCUT2D eigenvalue weighted by Gasteiger charge is -2.56. The van der Waals surface area contributed by atoms with Gasteiger partial charge in [0.15, 0.2) is 17.2 Å². The van der Waals surface area contributed by atoms with Gasteiger partial charge < -0.3 is 4.74 Å². The van der Waals surface area contributed by atoms with E-state index in [2.05, 4.69) is 0 Å². The van der Waals surface area contributed by atoms with Crippen LogP contribution >= 0.6 is 23.2 Å². The van der Waals surface area contributed by atoms with E-state index >= 15 is 0 Å². The molecule has 0 unspecified atom stereocenters. The van der Waals surface area contributed by atoms with Crippen molar-refractivity contribution in [3.63, 3.8) is 0 Å². The van der Waals surface area contributed by atoms with Crippen LogP contribution in [0.5, 0.6) is 0 Å². The van der Waals surface area contributed by atoms with Crippen molar-refractivity contribution in [2.24, 2.45) is 11.8 Å². The van der Waals surface area contributed by atoms with Crippen molar-refractivity contribution in [1.82, 2.24) is 0 Å². The number of benzene rings is 3. The number of ketones is 2. The molecular weight excluding hydrogens is 447 g/mol. The van der Waals surface area contributed by atoms with Crippen molar-refractivity contribution in [3.8, 4) is 0 Å². The molecule has 2 bridgehead atoms. The molecule has 3 aromatic rings. The number of carbonyl (C=O) groups is 3. The molecule has 158 valence electrons. The van der Waals surface area contributed by atoms with Gasteiger partial charge in [-0.15, -0.1) is 0 Å². The van der Waals surface area contributed by atoms with Gasteiger partial charge in [0, 0.05) is 34.1 Å². The Balaban J connectivity index is 1.73. The predicted molar refractivity (Wildman–Crippen MR) is 119 cm³/mol. The highest BCUT2D eigenvalue weighted by atomic mass is 35.5. The summed E-state index contributed by atoms with van der Waals surface area (Å²) in [5.74, 6) is -3.10. The van der Waals surface area contributed by atoms with E-state index in [9.17, 15) is 14.4 Å². The molecule has 0 spiro atoms. The molecule has 32 heavy (non-hydrogen) atoms. The number of ether oxygens (including phenoxy) is 1. The Kier molecular flexibility index (Phi) is 4.17. The zero-order chi connectivity index (χ0) is 22.2. The van der Waals surface area contributed by atoms with Crippen molar-refractivity contribution in [3.05, 3.63) is 106 Å². The lowest BCUT2D eigenvalue weighted by molar-refractivity contribution is -0.162. The summed E-state index contributed by atoms with van der Waals surface area (Å²) >= 11 is 11.8. The van der Waals surface area contributed by atoms with Gasteiger partial charge in [-0.1, -0.05) is 96.0 Å². The smallest absolute Gasteiger partial charge is 0.340 e. The number of Topliss-reactive ketones (excluding diaryl/α,β-unsaturated/α-hetero) is 2. The molecule has 6 heteroatoms. The van der Waals surface area contributed by atoms with Crippen molar-refractivity contribution in [1.29, 1.82) is 0 Å². The maximum atomic E-state index is 14.0. The Labute approximate surface area is 194 Å². The topological polar surface area (TPSA) is 60.4 Å². The van der Waals surface area contributed by atoms with Crippen molar-refractivity contribution in [2.75, 3.05) is 0 Å². The van der Waals surface area contributed by atoms with E-state index in [1.54, 1.807) is 24.3 Å². The van der Waals surface area contributed by atoms with E-state index in [1.807, 2.05) is 48.5 Å². The average molecular weight is 463 g/mol. The number of halogens is 2. The largest absolute Gasteiger partial charge is 0.446 e. The van der Waals surface area contributed by atoms with Crippen LogP contribution in [-0.4, -0.2) is 22.4 Å². The van der Waals surface area contributed by atoms with Crippen LogP contribution < -0.4 is 0 Å². The number of hydrogen-bond acceptors (Lipinski definition) is 4. The number of esters is 1. The molecule has 0 amide bonds. The molecule has 2 atom stereocenters. The minimum absolute atomic E-state index is 0.118. The van der Waals surface area contributed by atoms with Crippen LogP contribution in [0.15, 0.2) is 72.8 Å². The van der Waals surface area contributed by atoms with Gasteiger partial charge in [-0.25, -0.2) is 4.79 Å². The van der Waals surface area contributed by atoms with Crippen molar-refractivity contribution in [2.45, 2.75) is 16.4 Å². The van der Waals surface area contributed by atoms with Gasteiger partial charge in [-0.3, -0.25) is 9.59 Å². The quantitative estimate of drug-likeness (QED) is 0.395. The van der Waals surface area contributed by atoms with Crippen LogP contribution in [-0.2, 0) is 15.1 Å². The fourth-order valence-electron chi connectivity index (χ4n) is 5.98. The maximum absolute atomic E-state index is 14.0. The van der Waals surface area contributed by atoms with E-state index in [4.69, 9.17) is 27.9 Å². The highest BCUT2D eigenvalue weighted by Gasteiger charge is 2.67. The molecule has 4 nitrogen and oxygen atoms in total. The summed E-state index contributed by atoms with van der Waals surface area (Å²) in [7, 11) is 0. The summed E-state index contributed by atoms with van der Waals surface area (Å²) in [4.78, 5) is 39.2. The fraction of sp³-hybridized carbons (Fsp3) is 0.192. The number of fused-ring (bicyclic) bond motifs is 1. The van der Waals surface area contributed by atoms with Crippen LogP contribution in [0.1, 0.15) is 48.9 Å². The highest BCUT2D eigenvalue weighted by molar-refractivity contribution is 6.53. The molecule has 3 aromatic carbocycles. The van der Waals surface area contributed by atoms with Crippen molar-refractivity contribution < 1.29 is 19.1 Å². The molecule has 0 aliphatic heterocycles. The van der Waals surface area contributed by atoms with Gasteiger partial charge in [0.2, 0.25) is 4.84 Å². The van der Waals surface area contributed by atoms with Gasteiger partial charge in [0.25, 0.3) is 0 Å². The third-order valence-corrected chi connectivity index (χ3v) is 7.39. The Morgan fingerprint density at radius 2 is 1.28 bits per heavy atom. The minimum atomic E-state index is -1.49. The highest BCUT2D eigenvalue weighted by Crippen LogP contribution is 2.64. The molecule has 4 aliphatic carbocycles.